The van der Waals surface area contributed by atoms with Crippen molar-refractivity contribution < 1.29 is 97.2 Å². The van der Waals surface area contributed by atoms with Crippen molar-refractivity contribution in [3.8, 4) is 0 Å². The third-order valence-electron chi connectivity index (χ3n) is 13.9. The summed E-state index contributed by atoms with van der Waals surface area (Å²) in [6, 6.07) is -1.30. The molecule has 0 aromatic carbocycles. The molecule has 0 aromatic heterocycles. The van der Waals surface area contributed by atoms with Crippen molar-refractivity contribution in [3.63, 3.8) is 0 Å². The second-order valence-corrected chi connectivity index (χ2v) is 19.9. The zero-order chi connectivity index (χ0) is 54.0. The van der Waals surface area contributed by atoms with Crippen LogP contribution in [-0.2, 0) is 66.6 Å². The van der Waals surface area contributed by atoms with E-state index in [-0.39, 0.29) is 81.7 Å². The number of amides is 4. The van der Waals surface area contributed by atoms with Gasteiger partial charge in [-0.25, -0.2) is 4.79 Å². The first kappa shape index (κ1) is 63.7. The van der Waals surface area contributed by atoms with Crippen molar-refractivity contribution in [1.29, 1.82) is 0 Å². The number of carboxylic acid groups (broad SMARTS) is 1. The van der Waals surface area contributed by atoms with E-state index in [1.54, 1.807) is 6.92 Å². The lowest BCUT2D eigenvalue weighted by Gasteiger charge is -2.48. The maximum absolute atomic E-state index is 13.9. The fourth-order valence-corrected chi connectivity index (χ4v) is 10.0. The Morgan fingerprint density at radius 2 is 1.34 bits per heavy atom. The van der Waals surface area contributed by atoms with Gasteiger partial charge in [0, 0.05) is 45.3 Å². The number of nitrogens with one attached hydrogen (secondary N) is 4. The van der Waals surface area contributed by atoms with E-state index in [1.807, 2.05) is 6.92 Å². The molecule has 25 heteroatoms. The Labute approximate surface area is 439 Å². The SMILES string of the molecule is CC[C@@H]1CC(C(=O)NCCNC(=O)CCOCCOCCOCCOCCNC(=O)CCS)C[C@@H](O[C@@H]2OC(CO)[C@H](O)C(O[C@@H](CC3CCCCC3)C(=O)O)C2NC(C)=O)C1OC[C@@H]1OC(C)[C@@H](O)[C@H](O)C1O. The fourth-order valence-electron chi connectivity index (χ4n) is 9.82. The van der Waals surface area contributed by atoms with E-state index >= 15 is 0 Å². The van der Waals surface area contributed by atoms with Crippen LogP contribution >= 0.6 is 12.6 Å². The molecule has 24 nitrogen and oxygen atoms in total. The normalized spacial score (nSPS) is 31.0. The number of ether oxygens (including phenoxy) is 9. The first-order valence-corrected chi connectivity index (χ1v) is 27.0. The van der Waals surface area contributed by atoms with Crippen LogP contribution < -0.4 is 21.3 Å². The van der Waals surface area contributed by atoms with Gasteiger partial charge in [-0.05, 0) is 43.8 Å². The third kappa shape index (κ3) is 21.5. The first-order valence-electron chi connectivity index (χ1n) is 26.4. The van der Waals surface area contributed by atoms with E-state index < -0.39 is 104 Å². The van der Waals surface area contributed by atoms with Crippen molar-refractivity contribution in [3.05, 3.63) is 0 Å². The second kappa shape index (κ2) is 34.8. The predicted molar refractivity (Wildman–Crippen MR) is 266 cm³/mol. The van der Waals surface area contributed by atoms with Gasteiger partial charge >= 0.3 is 5.97 Å². The molecule has 4 aliphatic rings. The van der Waals surface area contributed by atoms with Crippen LogP contribution in [0.15, 0.2) is 0 Å². The highest BCUT2D eigenvalue weighted by Gasteiger charge is 2.52. The number of carbonyl (C=O) groups excluding carboxylic acids is 4. The number of hydrogen-bond acceptors (Lipinski definition) is 20. The highest BCUT2D eigenvalue weighted by atomic mass is 32.1. The Hall–Kier alpha value is -2.86. The largest absolute Gasteiger partial charge is 0.479 e. The summed E-state index contributed by atoms with van der Waals surface area (Å²) in [5.41, 5.74) is 0. The van der Waals surface area contributed by atoms with Gasteiger partial charge in [-0.3, -0.25) is 19.2 Å². The number of carboxylic acids is 1. The van der Waals surface area contributed by atoms with Crippen LogP contribution in [0.4, 0.5) is 0 Å². The van der Waals surface area contributed by atoms with Gasteiger partial charge in [0.2, 0.25) is 23.6 Å². The lowest BCUT2D eigenvalue weighted by Crippen LogP contribution is -2.67. The Morgan fingerprint density at radius 3 is 1.96 bits per heavy atom. The van der Waals surface area contributed by atoms with Crippen LogP contribution in [0, 0.1) is 17.8 Å². The average Bonchev–Trinajstić information content (AvgIpc) is 3.37. The summed E-state index contributed by atoms with van der Waals surface area (Å²) < 4.78 is 53.1. The molecule has 2 heterocycles. The molecule has 15 atom stereocenters. The minimum Gasteiger partial charge on any atom is -0.479 e. The van der Waals surface area contributed by atoms with Crippen LogP contribution in [-0.4, -0.2) is 231 Å². The topological polar surface area (TPSA) is 338 Å². The Morgan fingerprint density at radius 1 is 0.716 bits per heavy atom. The molecule has 0 bridgehead atoms. The van der Waals surface area contributed by atoms with Crippen LogP contribution in [0.25, 0.3) is 0 Å². The molecule has 428 valence electrons. The summed E-state index contributed by atoms with van der Waals surface area (Å²) in [7, 11) is 0. The lowest BCUT2D eigenvalue weighted by molar-refractivity contribution is -0.308. The predicted octanol–water partition coefficient (Wildman–Crippen LogP) is -1.42. The summed E-state index contributed by atoms with van der Waals surface area (Å²) in [6.07, 6.45) is -9.21. The van der Waals surface area contributed by atoms with E-state index in [2.05, 4.69) is 33.9 Å². The standard InChI is InChI=1S/C49H86N4O20S/c1-4-32-25-33(47(62)52-13-12-50-38(56)10-15-65-17-19-67-21-22-68-20-18-66-16-14-51-39(57)11-23-74)26-34(45(32)69-28-37-42(59)44(61)41(58)29(2)70-37)72-49-40(53-30(3)55)46(43(60)36(27-54)73-49)71-35(48(63)64)24-31-8-6-5-7-9-31/h29,31-37,40-46,49,54,58-61,74H,4-28H2,1-3H3,(H,50,56)(H,51,57)(H,52,62)(H,53,55)(H,63,64)/t29?,32-,33?,34-,35+,36?,37+,40?,41-,42?,43+,44+,45?,46?,49-/m1/s1. The summed E-state index contributed by atoms with van der Waals surface area (Å²) in [4.78, 5) is 63.3. The van der Waals surface area contributed by atoms with E-state index in [0.29, 0.717) is 71.2 Å². The fraction of sp³-hybridized carbons (Fsp3) is 0.898. The van der Waals surface area contributed by atoms with Crippen molar-refractivity contribution in [2.75, 3.05) is 91.5 Å². The highest BCUT2D eigenvalue weighted by molar-refractivity contribution is 7.80. The maximum Gasteiger partial charge on any atom is 0.332 e. The molecule has 74 heavy (non-hydrogen) atoms. The maximum atomic E-state index is 13.9. The molecule has 0 radical (unpaired) electrons. The van der Waals surface area contributed by atoms with Gasteiger partial charge in [-0.15, -0.1) is 0 Å². The average molecular weight is 1080 g/mol. The number of aliphatic hydroxyl groups excluding tert-OH is 5. The summed E-state index contributed by atoms with van der Waals surface area (Å²) in [5, 5.41) is 75.0. The van der Waals surface area contributed by atoms with Crippen LogP contribution in [0.2, 0.25) is 0 Å². The van der Waals surface area contributed by atoms with Crippen LogP contribution in [0.3, 0.4) is 0 Å². The van der Waals surface area contributed by atoms with Crippen LogP contribution in [0.5, 0.6) is 0 Å². The van der Waals surface area contributed by atoms with E-state index in [4.69, 9.17) is 42.6 Å². The van der Waals surface area contributed by atoms with Gasteiger partial charge in [0.1, 0.15) is 48.8 Å². The molecule has 2 saturated carbocycles. The van der Waals surface area contributed by atoms with Crippen molar-refractivity contribution in [2.24, 2.45) is 17.8 Å². The van der Waals surface area contributed by atoms with Gasteiger partial charge in [0.15, 0.2) is 12.4 Å². The molecule has 0 aromatic rings. The molecular weight excluding hydrogens is 997 g/mol. The molecule has 4 fully saturated rings. The van der Waals surface area contributed by atoms with Gasteiger partial charge in [-0.1, -0.05) is 45.4 Å². The highest BCUT2D eigenvalue weighted by Crippen LogP contribution is 2.39. The molecule has 2 aliphatic carbocycles. The summed E-state index contributed by atoms with van der Waals surface area (Å²) in [6.45, 7) is 6.96. The number of aliphatic hydroxyl groups is 5. The zero-order valence-electron chi connectivity index (χ0n) is 43.3. The van der Waals surface area contributed by atoms with E-state index in [0.717, 1.165) is 32.1 Å². The first-order chi connectivity index (χ1) is 35.6. The second-order valence-electron chi connectivity index (χ2n) is 19.4. The number of hydrogen-bond donors (Lipinski definition) is 11. The van der Waals surface area contributed by atoms with Gasteiger partial charge < -0.3 is 94.5 Å². The molecule has 4 amide bonds. The van der Waals surface area contributed by atoms with E-state index in [9.17, 15) is 54.6 Å². The third-order valence-corrected chi connectivity index (χ3v) is 14.1. The Balaban J connectivity index is 1.32. The molecule has 4 rings (SSSR count). The Bertz CT molecular complexity index is 1650. The molecule has 10 N–H and O–H groups in total. The van der Waals surface area contributed by atoms with Gasteiger partial charge in [0.05, 0.1) is 84.4 Å². The lowest BCUT2D eigenvalue weighted by atomic mass is 9.75. The molecule has 7 unspecified atom stereocenters. The molecule has 0 spiro atoms. The van der Waals surface area contributed by atoms with Crippen molar-refractivity contribution in [1.82, 2.24) is 21.3 Å². The quantitative estimate of drug-likeness (QED) is 0.0260. The van der Waals surface area contributed by atoms with Gasteiger partial charge in [-0.2, -0.15) is 12.6 Å². The van der Waals surface area contributed by atoms with Gasteiger partial charge in [0.25, 0.3) is 0 Å². The number of thiol groups is 1. The van der Waals surface area contributed by atoms with E-state index in [1.165, 1.54) is 6.92 Å². The van der Waals surface area contributed by atoms with Crippen molar-refractivity contribution >= 4 is 42.2 Å². The minimum atomic E-state index is -1.59. The number of aliphatic carboxylic acids is 1. The smallest absolute Gasteiger partial charge is 0.332 e. The number of carbonyl (C=O) groups is 5. The molecular formula is C49H86N4O20S. The summed E-state index contributed by atoms with van der Waals surface area (Å²) in [5.74, 6) is -3.00. The van der Waals surface area contributed by atoms with Crippen molar-refractivity contribution in [2.45, 2.75) is 171 Å². The molecule has 2 saturated heterocycles. The monoisotopic (exact) mass is 1080 g/mol. The minimum absolute atomic E-state index is 0.0265. The number of rotatable bonds is 34. The van der Waals surface area contributed by atoms with Crippen LogP contribution in [0.1, 0.15) is 91.4 Å². The zero-order valence-corrected chi connectivity index (χ0v) is 44.2. The Kier molecular flexibility index (Phi) is 30.0. The molecule has 2 aliphatic heterocycles. The summed E-state index contributed by atoms with van der Waals surface area (Å²) >= 11 is 4.01.